The van der Waals surface area contributed by atoms with Crippen LogP contribution in [0.2, 0.25) is 0 Å². The Morgan fingerprint density at radius 3 is 1.17 bits per heavy atom. The van der Waals surface area contributed by atoms with Gasteiger partial charge in [-0.1, -0.05) is 77.0 Å². The van der Waals surface area contributed by atoms with E-state index in [-0.39, 0.29) is 47.6 Å². The average Bonchev–Trinajstić information content (AvgIpc) is 2.46. The largest absolute Gasteiger partial charge is 0.305 e. The van der Waals surface area contributed by atoms with E-state index in [1.807, 2.05) is 27.7 Å². The Balaban J connectivity index is 4.51. The fourth-order valence-corrected chi connectivity index (χ4v) is 4.65. The zero-order valence-electron chi connectivity index (χ0n) is 16.5. The van der Waals surface area contributed by atoms with Crippen LogP contribution in [0.4, 0.5) is 0 Å². The van der Waals surface area contributed by atoms with Crippen molar-refractivity contribution in [1.29, 1.82) is 0 Å². The predicted octanol–water partition coefficient (Wildman–Crippen LogP) is 3.55. The van der Waals surface area contributed by atoms with Gasteiger partial charge < -0.3 is 10.6 Å². The minimum Gasteiger partial charge on any atom is -0.305 e. The highest BCUT2D eigenvalue weighted by Crippen LogP contribution is 2.25. The van der Waals surface area contributed by atoms with Crippen molar-refractivity contribution in [2.24, 2.45) is 11.8 Å². The molecule has 0 aromatic rings. The van der Waals surface area contributed by atoms with Gasteiger partial charge in [0.2, 0.25) is 0 Å². The van der Waals surface area contributed by atoms with E-state index >= 15 is 0 Å². The van der Waals surface area contributed by atoms with E-state index in [0.717, 1.165) is 11.5 Å². The van der Waals surface area contributed by atoms with Gasteiger partial charge in [0, 0.05) is 35.4 Å². The summed E-state index contributed by atoms with van der Waals surface area (Å²) in [6, 6.07) is 0.307. The molecule has 6 heteroatoms. The molecule has 0 aromatic carbocycles. The molecule has 0 rings (SSSR count). The van der Waals surface area contributed by atoms with Crippen LogP contribution in [0.15, 0.2) is 0 Å². The highest BCUT2D eigenvalue weighted by atomic mass is 33.1. The quantitative estimate of drug-likeness (QED) is 0.379. The molecular weight excluding hydrogens is 340 g/mol. The molecule has 2 N–H and O–H groups in total. The second-order valence-corrected chi connectivity index (χ2v) is 9.98. The van der Waals surface area contributed by atoms with Gasteiger partial charge in [-0.2, -0.15) is 0 Å². The topological polar surface area (TPSA) is 58.2 Å². The maximum atomic E-state index is 12.3. The lowest BCUT2D eigenvalue weighted by atomic mass is 10.0. The van der Waals surface area contributed by atoms with Crippen molar-refractivity contribution in [3.05, 3.63) is 0 Å². The molecule has 0 saturated heterocycles. The maximum absolute atomic E-state index is 12.3. The summed E-state index contributed by atoms with van der Waals surface area (Å²) in [6.45, 7) is 16.0. The molecule has 0 bridgehead atoms. The number of hydrogen-bond acceptors (Lipinski definition) is 6. The van der Waals surface area contributed by atoms with E-state index in [9.17, 15) is 9.59 Å². The number of nitrogens with one attached hydrogen (secondary N) is 2. The van der Waals surface area contributed by atoms with Gasteiger partial charge in [-0.15, -0.1) is 0 Å². The fourth-order valence-electron chi connectivity index (χ4n) is 2.27. The molecule has 4 nitrogen and oxygen atoms in total. The Morgan fingerprint density at radius 1 is 0.667 bits per heavy atom. The van der Waals surface area contributed by atoms with Crippen LogP contribution in [0, 0.1) is 11.8 Å². The van der Waals surface area contributed by atoms with Crippen molar-refractivity contribution >= 4 is 33.2 Å². The normalized spacial score (nSPS) is 14.7. The average molecular weight is 377 g/mol. The maximum Gasteiger partial charge on any atom is 0.153 e. The number of carbonyl (C=O) groups excluding carboxylic acids is 2. The molecule has 0 unspecified atom stereocenters. The number of hydrogen-bond donors (Lipinski definition) is 2. The summed E-state index contributed by atoms with van der Waals surface area (Å²) in [6.07, 6.45) is 0. The first kappa shape index (κ1) is 24.0. The number of rotatable bonds is 13. The molecule has 0 spiro atoms. The molecule has 0 amide bonds. The SMILES string of the molecule is CC(C)N[C@@H](CSSC[C@H](NC(C)C)C(=O)C(C)C)C(=O)C(C)C. The summed E-state index contributed by atoms with van der Waals surface area (Å²) in [5.74, 6) is 2.03. The van der Waals surface area contributed by atoms with Gasteiger partial charge in [0.15, 0.2) is 11.6 Å². The van der Waals surface area contributed by atoms with Gasteiger partial charge in [-0.3, -0.25) is 9.59 Å². The van der Waals surface area contributed by atoms with Crippen LogP contribution >= 0.6 is 21.6 Å². The van der Waals surface area contributed by atoms with Gasteiger partial charge >= 0.3 is 0 Å². The first-order valence-corrected chi connectivity index (χ1v) is 11.4. The third-order valence-electron chi connectivity index (χ3n) is 3.45. The Morgan fingerprint density at radius 2 is 0.958 bits per heavy atom. The zero-order chi connectivity index (χ0) is 18.9. The van der Waals surface area contributed by atoms with Crippen LogP contribution in [0.3, 0.4) is 0 Å². The summed E-state index contributed by atoms with van der Waals surface area (Å²) in [4.78, 5) is 24.6. The standard InChI is InChI=1S/C18H36N2O2S2/c1-11(2)17(21)15(19-13(5)6)9-23-24-10-16(20-14(7)8)18(22)12(3)4/h11-16,19-20H,9-10H2,1-8H3/t15-,16-/m0/s1. The molecule has 0 heterocycles. The van der Waals surface area contributed by atoms with E-state index in [0.29, 0.717) is 0 Å². The Labute approximate surface area is 156 Å². The lowest BCUT2D eigenvalue weighted by Crippen LogP contribution is -2.45. The molecule has 24 heavy (non-hydrogen) atoms. The minimum absolute atomic E-state index is 0.0322. The van der Waals surface area contributed by atoms with Crippen LogP contribution in [0.25, 0.3) is 0 Å². The molecule has 0 fully saturated rings. The first-order valence-electron chi connectivity index (χ1n) is 8.90. The first-order chi connectivity index (χ1) is 11.1. The van der Waals surface area contributed by atoms with E-state index in [1.165, 1.54) is 0 Å². The third-order valence-corrected chi connectivity index (χ3v) is 5.87. The van der Waals surface area contributed by atoms with Crippen LogP contribution in [0.1, 0.15) is 55.4 Å². The number of carbonyl (C=O) groups is 2. The van der Waals surface area contributed by atoms with Gasteiger partial charge in [0.1, 0.15) is 0 Å². The van der Waals surface area contributed by atoms with Crippen molar-refractivity contribution in [1.82, 2.24) is 10.6 Å². The molecule has 0 aliphatic heterocycles. The van der Waals surface area contributed by atoms with Gasteiger partial charge in [-0.25, -0.2) is 0 Å². The molecule has 0 saturated carbocycles. The van der Waals surface area contributed by atoms with Crippen LogP contribution in [-0.2, 0) is 9.59 Å². The second kappa shape index (κ2) is 12.3. The van der Waals surface area contributed by atoms with Crippen LogP contribution in [0.5, 0.6) is 0 Å². The van der Waals surface area contributed by atoms with Gasteiger partial charge in [0.05, 0.1) is 12.1 Å². The van der Waals surface area contributed by atoms with Gasteiger partial charge in [-0.05, 0) is 0 Å². The van der Waals surface area contributed by atoms with Crippen molar-refractivity contribution < 1.29 is 9.59 Å². The molecule has 0 radical (unpaired) electrons. The molecule has 0 aliphatic rings. The summed E-state index contributed by atoms with van der Waals surface area (Å²) < 4.78 is 0. The number of ketones is 2. The molecule has 0 aromatic heterocycles. The highest BCUT2D eigenvalue weighted by molar-refractivity contribution is 8.76. The lowest BCUT2D eigenvalue weighted by Gasteiger charge is -2.23. The van der Waals surface area contributed by atoms with Crippen molar-refractivity contribution in [3.63, 3.8) is 0 Å². The summed E-state index contributed by atoms with van der Waals surface area (Å²) in [5.41, 5.74) is 0. The van der Waals surface area contributed by atoms with Crippen LogP contribution in [-0.4, -0.2) is 47.2 Å². The van der Waals surface area contributed by atoms with E-state index < -0.39 is 0 Å². The summed E-state index contributed by atoms with van der Waals surface area (Å²) >= 11 is 0. The Hall–Kier alpha value is -0.0400. The zero-order valence-corrected chi connectivity index (χ0v) is 18.1. The van der Waals surface area contributed by atoms with Crippen molar-refractivity contribution in [2.45, 2.75) is 79.6 Å². The Kier molecular flexibility index (Phi) is 12.3. The van der Waals surface area contributed by atoms with Gasteiger partial charge in [0.25, 0.3) is 0 Å². The number of Topliss-reactive ketones (excluding diaryl/α,β-unsaturated/α-hetero) is 2. The fraction of sp³-hybridized carbons (Fsp3) is 0.889. The van der Waals surface area contributed by atoms with E-state index in [1.54, 1.807) is 21.6 Å². The highest BCUT2D eigenvalue weighted by Gasteiger charge is 2.24. The van der Waals surface area contributed by atoms with E-state index in [2.05, 4.69) is 38.3 Å². The second-order valence-electron chi connectivity index (χ2n) is 7.43. The summed E-state index contributed by atoms with van der Waals surface area (Å²) in [7, 11) is 3.35. The monoisotopic (exact) mass is 376 g/mol. The molecule has 2 atom stereocenters. The predicted molar refractivity (Wildman–Crippen MR) is 109 cm³/mol. The molecule has 0 aliphatic carbocycles. The smallest absolute Gasteiger partial charge is 0.153 e. The van der Waals surface area contributed by atoms with Crippen LogP contribution < -0.4 is 10.6 Å². The lowest BCUT2D eigenvalue weighted by molar-refractivity contribution is -0.124. The third kappa shape index (κ3) is 10.1. The summed E-state index contributed by atoms with van der Waals surface area (Å²) in [5, 5.41) is 6.71. The molecule has 142 valence electrons. The van der Waals surface area contributed by atoms with E-state index in [4.69, 9.17) is 0 Å². The van der Waals surface area contributed by atoms with Crippen molar-refractivity contribution in [3.8, 4) is 0 Å². The molecular formula is C18H36N2O2S2. The minimum atomic E-state index is -0.125. The Bertz CT molecular complexity index is 349. The van der Waals surface area contributed by atoms with Crippen molar-refractivity contribution in [2.75, 3.05) is 11.5 Å².